The van der Waals surface area contributed by atoms with Gasteiger partial charge in [-0.1, -0.05) is 54.9 Å². The van der Waals surface area contributed by atoms with E-state index in [1.807, 2.05) is 30.5 Å². The topological polar surface area (TPSA) is 119 Å². The molecular formula is C32H32Cl2F2N4O4S. The molecule has 0 saturated heterocycles. The molecule has 8 nitrogen and oxygen atoms in total. The predicted molar refractivity (Wildman–Crippen MR) is 172 cm³/mol. The van der Waals surface area contributed by atoms with Crippen molar-refractivity contribution in [2.24, 2.45) is 5.73 Å². The first-order valence-electron chi connectivity index (χ1n) is 13.9. The number of hydrogen-bond donors (Lipinski definition) is 3. The van der Waals surface area contributed by atoms with Crippen LogP contribution in [0.2, 0.25) is 10.0 Å². The van der Waals surface area contributed by atoms with Crippen LogP contribution in [0.3, 0.4) is 0 Å². The number of benzene rings is 3. The van der Waals surface area contributed by atoms with Gasteiger partial charge in [0.25, 0.3) is 5.91 Å². The van der Waals surface area contributed by atoms with Gasteiger partial charge in [-0.05, 0) is 73.5 Å². The number of rotatable bonds is 13. The van der Waals surface area contributed by atoms with Gasteiger partial charge < -0.3 is 20.9 Å². The van der Waals surface area contributed by atoms with E-state index in [2.05, 4.69) is 10.3 Å². The smallest absolute Gasteiger partial charge is 0.326 e. The third kappa shape index (κ3) is 7.78. The Labute approximate surface area is 273 Å². The second-order valence-electron chi connectivity index (χ2n) is 10.7. The van der Waals surface area contributed by atoms with E-state index in [0.29, 0.717) is 28.0 Å². The standard InChI is InChI=1S/C32H32Cl2F2N4O4S/c1-32(2,19-6-11-23(33)27(15-19)44-3)28-16-38-31(40(28)21-9-7-20(35)8-10-21)45-17-22-24(34)13-18(14-25(22)36)29(41)39-26(30(42)43)5-4-12-37/h6-11,13-16,26H,4-5,12,17,37H2,1-3H3,(H,39,41)(H,42,43)/t26-/m0/s1. The lowest BCUT2D eigenvalue weighted by molar-refractivity contribution is -0.139. The zero-order valence-electron chi connectivity index (χ0n) is 24.7. The average molecular weight is 678 g/mol. The van der Waals surface area contributed by atoms with Crippen LogP contribution in [0.4, 0.5) is 8.78 Å². The zero-order chi connectivity index (χ0) is 32.9. The quantitative estimate of drug-likeness (QED) is 0.130. The molecule has 3 aromatic carbocycles. The van der Waals surface area contributed by atoms with Gasteiger partial charge in [-0.15, -0.1) is 0 Å². The van der Waals surface area contributed by atoms with Crippen molar-refractivity contribution in [1.29, 1.82) is 0 Å². The molecule has 0 aliphatic carbocycles. The normalized spacial score (nSPS) is 12.2. The zero-order valence-corrected chi connectivity index (χ0v) is 27.1. The number of carbonyl (C=O) groups is 2. The fourth-order valence-electron chi connectivity index (χ4n) is 4.74. The highest BCUT2D eigenvalue weighted by Gasteiger charge is 2.31. The third-order valence-corrected chi connectivity index (χ3v) is 9.01. The van der Waals surface area contributed by atoms with Crippen LogP contribution in [0.5, 0.6) is 5.75 Å². The summed E-state index contributed by atoms with van der Waals surface area (Å²) in [7, 11) is 1.54. The number of aromatic nitrogens is 2. The molecule has 238 valence electrons. The SMILES string of the molecule is COc1cc(C(C)(C)c2cnc(SCc3c(F)cc(C(=O)N[C@@H](CCCN)C(=O)O)cc3Cl)n2-c2ccc(F)cc2)ccc1Cl. The van der Waals surface area contributed by atoms with Crippen LogP contribution in [-0.2, 0) is 16.0 Å². The van der Waals surface area contributed by atoms with Crippen molar-refractivity contribution in [3.8, 4) is 11.4 Å². The second-order valence-corrected chi connectivity index (χ2v) is 12.5. The fraction of sp³-hybridized carbons (Fsp3) is 0.281. The second kappa shape index (κ2) is 14.6. The molecule has 1 heterocycles. The molecule has 1 atom stereocenters. The number of nitrogens with two attached hydrogens (primary N) is 1. The van der Waals surface area contributed by atoms with Crippen molar-refractivity contribution in [1.82, 2.24) is 14.9 Å². The monoisotopic (exact) mass is 676 g/mol. The molecule has 0 spiro atoms. The summed E-state index contributed by atoms with van der Waals surface area (Å²) in [6, 6.07) is 12.6. The highest BCUT2D eigenvalue weighted by Crippen LogP contribution is 2.39. The molecule has 13 heteroatoms. The van der Waals surface area contributed by atoms with Gasteiger partial charge in [0.15, 0.2) is 5.16 Å². The van der Waals surface area contributed by atoms with Gasteiger partial charge in [0.05, 0.1) is 24.0 Å². The van der Waals surface area contributed by atoms with E-state index in [1.54, 1.807) is 24.4 Å². The van der Waals surface area contributed by atoms with Gasteiger partial charge in [0.2, 0.25) is 0 Å². The lowest BCUT2D eigenvalue weighted by atomic mass is 9.81. The largest absolute Gasteiger partial charge is 0.495 e. The molecule has 0 aliphatic heterocycles. The molecular weight excluding hydrogens is 645 g/mol. The third-order valence-electron chi connectivity index (χ3n) is 7.38. The minimum Gasteiger partial charge on any atom is -0.495 e. The summed E-state index contributed by atoms with van der Waals surface area (Å²) in [5.74, 6) is -2.55. The Kier molecular flexibility index (Phi) is 11.1. The molecule has 4 rings (SSSR count). The van der Waals surface area contributed by atoms with E-state index < -0.39 is 35.0 Å². The van der Waals surface area contributed by atoms with Crippen LogP contribution in [0.1, 0.15) is 53.9 Å². The van der Waals surface area contributed by atoms with E-state index >= 15 is 4.39 Å². The van der Waals surface area contributed by atoms with E-state index in [-0.39, 0.29) is 34.9 Å². The maximum absolute atomic E-state index is 15.4. The summed E-state index contributed by atoms with van der Waals surface area (Å²) in [5.41, 5.74) is 7.14. The van der Waals surface area contributed by atoms with Gasteiger partial charge in [-0.3, -0.25) is 9.36 Å². The van der Waals surface area contributed by atoms with Crippen molar-refractivity contribution < 1.29 is 28.2 Å². The molecule has 0 aliphatic rings. The first-order chi connectivity index (χ1) is 21.4. The van der Waals surface area contributed by atoms with Gasteiger partial charge >= 0.3 is 5.97 Å². The highest BCUT2D eigenvalue weighted by molar-refractivity contribution is 7.98. The summed E-state index contributed by atoms with van der Waals surface area (Å²) >= 11 is 13.9. The van der Waals surface area contributed by atoms with Gasteiger partial charge in [0.1, 0.15) is 23.4 Å². The number of carboxylic acid groups (broad SMARTS) is 1. The Balaban J connectivity index is 1.65. The molecule has 0 fully saturated rings. The number of methoxy groups -OCH3 is 1. The van der Waals surface area contributed by atoms with Gasteiger partial charge in [0, 0.05) is 33.0 Å². The number of carbonyl (C=O) groups excluding carboxylic acids is 1. The number of amides is 1. The molecule has 0 bridgehead atoms. The molecule has 1 amide bonds. The molecule has 1 aromatic heterocycles. The van der Waals surface area contributed by atoms with Gasteiger partial charge in [-0.2, -0.15) is 0 Å². The Morgan fingerprint density at radius 3 is 2.44 bits per heavy atom. The van der Waals surface area contributed by atoms with Gasteiger partial charge in [-0.25, -0.2) is 18.6 Å². The van der Waals surface area contributed by atoms with Crippen molar-refractivity contribution >= 4 is 46.8 Å². The molecule has 4 aromatic rings. The molecule has 45 heavy (non-hydrogen) atoms. The number of ether oxygens (including phenoxy) is 1. The summed E-state index contributed by atoms with van der Waals surface area (Å²) in [5, 5.41) is 12.7. The molecule has 4 N–H and O–H groups in total. The number of halogens is 4. The van der Waals surface area contributed by atoms with E-state index in [4.69, 9.17) is 33.7 Å². The Bertz CT molecular complexity index is 1680. The van der Waals surface area contributed by atoms with Crippen molar-refractivity contribution in [2.75, 3.05) is 13.7 Å². The van der Waals surface area contributed by atoms with Crippen LogP contribution >= 0.6 is 35.0 Å². The maximum Gasteiger partial charge on any atom is 0.326 e. The number of carboxylic acids is 1. The Hall–Kier alpha value is -3.64. The number of nitrogens with one attached hydrogen (secondary N) is 1. The van der Waals surface area contributed by atoms with E-state index in [1.165, 1.54) is 37.1 Å². The van der Waals surface area contributed by atoms with Crippen molar-refractivity contribution in [2.45, 2.75) is 49.1 Å². The average Bonchev–Trinajstić information content (AvgIpc) is 3.43. The lowest BCUT2D eigenvalue weighted by Gasteiger charge is -2.28. The Morgan fingerprint density at radius 2 is 1.82 bits per heavy atom. The van der Waals surface area contributed by atoms with Crippen molar-refractivity contribution in [3.05, 3.63) is 105 Å². The van der Waals surface area contributed by atoms with Crippen molar-refractivity contribution in [3.63, 3.8) is 0 Å². The minimum absolute atomic E-state index is 0.00446. The first-order valence-corrected chi connectivity index (χ1v) is 15.6. The first kappa shape index (κ1) is 34.2. The molecule has 0 unspecified atom stereocenters. The van der Waals surface area contributed by atoms with E-state index in [0.717, 1.165) is 17.3 Å². The number of imidazole rings is 1. The fourth-order valence-corrected chi connectivity index (χ4v) is 6.32. The van der Waals surface area contributed by atoms with Crippen LogP contribution in [0.15, 0.2) is 66.0 Å². The number of thioether (sulfide) groups is 1. The maximum atomic E-state index is 15.4. The van der Waals surface area contributed by atoms with Crippen LogP contribution < -0.4 is 15.8 Å². The molecule has 0 radical (unpaired) electrons. The van der Waals surface area contributed by atoms with E-state index in [9.17, 15) is 19.1 Å². The lowest BCUT2D eigenvalue weighted by Crippen LogP contribution is -2.41. The highest BCUT2D eigenvalue weighted by atomic mass is 35.5. The summed E-state index contributed by atoms with van der Waals surface area (Å²) in [6.07, 6.45) is 2.23. The van der Waals surface area contributed by atoms with Crippen LogP contribution in [0, 0.1) is 11.6 Å². The van der Waals surface area contributed by atoms with Crippen LogP contribution in [0.25, 0.3) is 5.69 Å². The summed E-state index contributed by atoms with van der Waals surface area (Å²) in [6.45, 7) is 4.28. The number of aliphatic carboxylic acids is 1. The predicted octanol–water partition coefficient (Wildman–Crippen LogP) is 7.01. The number of nitrogens with zero attached hydrogens (tertiary/aromatic N) is 2. The molecule has 0 saturated carbocycles. The Morgan fingerprint density at radius 1 is 1.11 bits per heavy atom. The summed E-state index contributed by atoms with van der Waals surface area (Å²) < 4.78 is 36.5. The number of hydrogen-bond acceptors (Lipinski definition) is 6. The van der Waals surface area contributed by atoms with Crippen LogP contribution in [-0.4, -0.2) is 46.2 Å². The minimum atomic E-state index is -1.22. The summed E-state index contributed by atoms with van der Waals surface area (Å²) in [4.78, 5) is 28.9.